The van der Waals surface area contributed by atoms with Gasteiger partial charge in [-0.3, -0.25) is 4.79 Å². The third-order valence-electron chi connectivity index (χ3n) is 2.68. The summed E-state index contributed by atoms with van der Waals surface area (Å²) in [5, 5.41) is 11.2. The van der Waals surface area contributed by atoms with Gasteiger partial charge in [-0.2, -0.15) is 4.52 Å². The van der Waals surface area contributed by atoms with Gasteiger partial charge in [0.2, 0.25) is 4.96 Å². The molecule has 92 valence electrons. The standard InChI is InChI=1S/C11H5N5OS2/c17-10-6-3-1-2-4-7(6)12-11-16(10)14-9(19-11)8-5-18-15-13-8/h1-5H. The lowest BCUT2D eigenvalue weighted by atomic mass is 10.2. The highest BCUT2D eigenvalue weighted by molar-refractivity contribution is 7.20. The molecule has 0 saturated carbocycles. The number of hydrogen-bond donors (Lipinski definition) is 0. The molecule has 0 aliphatic carbocycles. The summed E-state index contributed by atoms with van der Waals surface area (Å²) in [7, 11) is 0. The summed E-state index contributed by atoms with van der Waals surface area (Å²) in [6.07, 6.45) is 0. The van der Waals surface area contributed by atoms with Crippen LogP contribution in [0.4, 0.5) is 0 Å². The maximum Gasteiger partial charge on any atom is 0.283 e. The Morgan fingerprint density at radius 2 is 2.11 bits per heavy atom. The molecule has 4 rings (SSSR count). The Bertz CT molecular complexity index is 941. The fraction of sp³-hybridized carbons (Fsp3) is 0. The average Bonchev–Trinajstić information content (AvgIpc) is 3.07. The number of para-hydroxylation sites is 1. The van der Waals surface area contributed by atoms with Crippen molar-refractivity contribution in [2.45, 2.75) is 0 Å². The molecule has 3 heterocycles. The van der Waals surface area contributed by atoms with Gasteiger partial charge in [-0.15, -0.1) is 10.2 Å². The molecule has 0 unspecified atom stereocenters. The summed E-state index contributed by atoms with van der Waals surface area (Å²) < 4.78 is 5.12. The van der Waals surface area contributed by atoms with Crippen LogP contribution >= 0.6 is 22.9 Å². The van der Waals surface area contributed by atoms with Crippen LogP contribution in [0.3, 0.4) is 0 Å². The van der Waals surface area contributed by atoms with Crippen molar-refractivity contribution in [1.82, 2.24) is 24.2 Å². The molecule has 4 aromatic rings. The van der Waals surface area contributed by atoms with Gasteiger partial charge in [0.15, 0.2) is 5.01 Å². The molecule has 8 heteroatoms. The number of rotatable bonds is 1. The highest BCUT2D eigenvalue weighted by Gasteiger charge is 2.13. The van der Waals surface area contributed by atoms with Crippen molar-refractivity contribution in [1.29, 1.82) is 0 Å². The minimum absolute atomic E-state index is 0.161. The van der Waals surface area contributed by atoms with E-state index in [9.17, 15) is 4.79 Å². The van der Waals surface area contributed by atoms with Gasteiger partial charge in [0.25, 0.3) is 5.56 Å². The fourth-order valence-electron chi connectivity index (χ4n) is 1.82. The third-order valence-corrected chi connectivity index (χ3v) is 4.12. The number of aromatic nitrogens is 5. The smallest absolute Gasteiger partial charge is 0.267 e. The summed E-state index contributed by atoms with van der Waals surface area (Å²) in [5.74, 6) is 0. The van der Waals surface area contributed by atoms with Gasteiger partial charge in [-0.25, -0.2) is 4.98 Å². The highest BCUT2D eigenvalue weighted by atomic mass is 32.1. The first-order chi connectivity index (χ1) is 9.33. The zero-order valence-electron chi connectivity index (χ0n) is 9.35. The molecule has 0 bridgehead atoms. The van der Waals surface area contributed by atoms with Crippen LogP contribution in [0.1, 0.15) is 0 Å². The first-order valence-electron chi connectivity index (χ1n) is 5.39. The molecule has 0 spiro atoms. The van der Waals surface area contributed by atoms with Crippen LogP contribution in [0, 0.1) is 0 Å². The van der Waals surface area contributed by atoms with E-state index < -0.39 is 0 Å². The first kappa shape index (κ1) is 10.7. The zero-order valence-corrected chi connectivity index (χ0v) is 11.0. The Hall–Kier alpha value is -2.19. The molecule has 19 heavy (non-hydrogen) atoms. The van der Waals surface area contributed by atoms with E-state index in [1.54, 1.807) is 11.4 Å². The quantitative estimate of drug-likeness (QED) is 0.534. The van der Waals surface area contributed by atoms with E-state index in [2.05, 4.69) is 19.7 Å². The van der Waals surface area contributed by atoms with Crippen molar-refractivity contribution in [3.05, 3.63) is 40.0 Å². The van der Waals surface area contributed by atoms with Gasteiger partial charge in [0.05, 0.1) is 10.9 Å². The van der Waals surface area contributed by atoms with Gasteiger partial charge in [-0.1, -0.05) is 28.0 Å². The number of fused-ring (bicyclic) bond motifs is 2. The van der Waals surface area contributed by atoms with Gasteiger partial charge >= 0.3 is 0 Å². The van der Waals surface area contributed by atoms with Crippen molar-refractivity contribution in [2.75, 3.05) is 0 Å². The Morgan fingerprint density at radius 3 is 2.95 bits per heavy atom. The molecule has 0 aliphatic rings. The summed E-state index contributed by atoms with van der Waals surface area (Å²) >= 11 is 2.58. The van der Waals surface area contributed by atoms with Crippen molar-refractivity contribution < 1.29 is 0 Å². The van der Waals surface area contributed by atoms with Crippen LogP contribution in [0.15, 0.2) is 34.4 Å². The average molecular weight is 287 g/mol. The zero-order chi connectivity index (χ0) is 12.8. The molecule has 0 saturated heterocycles. The molecule has 0 fully saturated rings. The minimum Gasteiger partial charge on any atom is -0.267 e. The van der Waals surface area contributed by atoms with E-state index in [1.807, 2.05) is 18.2 Å². The molecule has 0 aliphatic heterocycles. The van der Waals surface area contributed by atoms with Crippen LogP contribution in [0.5, 0.6) is 0 Å². The van der Waals surface area contributed by atoms with Crippen LogP contribution in [0.25, 0.3) is 26.6 Å². The first-order valence-corrected chi connectivity index (χ1v) is 7.04. The van der Waals surface area contributed by atoms with Crippen LogP contribution in [-0.4, -0.2) is 24.2 Å². The van der Waals surface area contributed by atoms with Gasteiger partial charge < -0.3 is 0 Å². The molecule has 1 aromatic carbocycles. The lowest BCUT2D eigenvalue weighted by Crippen LogP contribution is -2.14. The Kier molecular flexibility index (Phi) is 2.20. The topological polar surface area (TPSA) is 73.0 Å². The Balaban J connectivity index is 2.11. The second-order valence-electron chi connectivity index (χ2n) is 3.83. The fourth-order valence-corrected chi connectivity index (χ4v) is 3.19. The molecule has 0 N–H and O–H groups in total. The van der Waals surface area contributed by atoms with Crippen molar-refractivity contribution in [2.24, 2.45) is 0 Å². The minimum atomic E-state index is -0.161. The van der Waals surface area contributed by atoms with Crippen molar-refractivity contribution in [3.8, 4) is 10.7 Å². The van der Waals surface area contributed by atoms with Crippen LogP contribution < -0.4 is 5.56 Å². The molecule has 0 radical (unpaired) electrons. The second-order valence-corrected chi connectivity index (χ2v) is 5.39. The predicted molar refractivity (Wildman–Crippen MR) is 73.5 cm³/mol. The monoisotopic (exact) mass is 287 g/mol. The van der Waals surface area contributed by atoms with E-state index >= 15 is 0 Å². The summed E-state index contributed by atoms with van der Waals surface area (Å²) in [6.45, 7) is 0. The normalized spacial score (nSPS) is 11.4. The molecule has 6 nitrogen and oxygen atoms in total. The number of benzene rings is 1. The maximum atomic E-state index is 12.3. The van der Waals surface area contributed by atoms with E-state index in [-0.39, 0.29) is 5.56 Å². The van der Waals surface area contributed by atoms with Crippen LogP contribution in [0.2, 0.25) is 0 Å². The Morgan fingerprint density at radius 1 is 1.21 bits per heavy atom. The van der Waals surface area contributed by atoms with Gasteiger partial charge in [-0.05, 0) is 23.7 Å². The lowest BCUT2D eigenvalue weighted by Gasteiger charge is -1.95. The Labute approximate surface area is 114 Å². The third kappa shape index (κ3) is 1.57. The molecule has 0 amide bonds. The lowest BCUT2D eigenvalue weighted by molar-refractivity contribution is 0.916. The van der Waals surface area contributed by atoms with Gasteiger partial charge in [0.1, 0.15) is 5.69 Å². The molecule has 3 aromatic heterocycles. The molecular formula is C11H5N5OS2. The summed E-state index contributed by atoms with van der Waals surface area (Å²) in [5.41, 5.74) is 1.19. The van der Waals surface area contributed by atoms with Crippen LogP contribution in [-0.2, 0) is 0 Å². The molecular weight excluding hydrogens is 282 g/mol. The van der Waals surface area contributed by atoms with E-state index in [4.69, 9.17) is 0 Å². The largest absolute Gasteiger partial charge is 0.283 e. The van der Waals surface area contributed by atoms with Crippen molar-refractivity contribution >= 4 is 38.7 Å². The number of nitrogens with zero attached hydrogens (tertiary/aromatic N) is 5. The maximum absolute atomic E-state index is 12.3. The highest BCUT2D eigenvalue weighted by Crippen LogP contribution is 2.23. The summed E-state index contributed by atoms with van der Waals surface area (Å²) in [6, 6.07) is 7.24. The van der Waals surface area contributed by atoms with Crippen molar-refractivity contribution in [3.63, 3.8) is 0 Å². The van der Waals surface area contributed by atoms with E-state index in [0.29, 0.717) is 26.6 Å². The van der Waals surface area contributed by atoms with E-state index in [1.165, 1.54) is 27.4 Å². The second kappa shape index (κ2) is 3.90. The summed E-state index contributed by atoms with van der Waals surface area (Å²) in [4.78, 5) is 17.3. The predicted octanol–water partition coefficient (Wildman–Crippen LogP) is 1.82. The number of hydrogen-bond acceptors (Lipinski definition) is 7. The molecule has 0 atom stereocenters. The van der Waals surface area contributed by atoms with Gasteiger partial charge in [0, 0.05) is 5.38 Å². The SMILES string of the molecule is O=c1c2ccccc2nc2sc(-c3csnn3)nn12. The van der Waals surface area contributed by atoms with E-state index in [0.717, 1.165) is 0 Å².